The molecule has 0 spiro atoms. The number of hydrogen-bond donors (Lipinski definition) is 1. The molecule has 0 fully saturated rings. The largest absolute Gasteiger partial charge is 0.457 e. The van der Waals surface area contributed by atoms with Gasteiger partial charge in [-0.15, -0.1) is 0 Å². The molecule has 2 heterocycles. The lowest BCUT2D eigenvalue weighted by atomic mass is 9.80. The van der Waals surface area contributed by atoms with Crippen molar-refractivity contribution in [3.8, 4) is 56.1 Å². The van der Waals surface area contributed by atoms with Crippen LogP contribution in [0.5, 0.6) is 11.5 Å². The lowest BCUT2D eigenvalue weighted by molar-refractivity contribution is 0.477. The predicted molar refractivity (Wildman–Crippen MR) is 317 cm³/mol. The lowest BCUT2D eigenvalue weighted by Gasteiger charge is -2.36. The van der Waals surface area contributed by atoms with Gasteiger partial charge in [-0.05, 0) is 187 Å². The summed E-state index contributed by atoms with van der Waals surface area (Å²) in [5, 5.41) is 4.01. The minimum absolute atomic E-state index is 0.166. The molecule has 1 aliphatic heterocycles. The molecular formula is C70H79N3O. The molecule has 380 valence electrons. The predicted octanol–water partition coefficient (Wildman–Crippen LogP) is 20.5. The van der Waals surface area contributed by atoms with Crippen molar-refractivity contribution in [1.82, 2.24) is 4.98 Å². The van der Waals surface area contributed by atoms with Crippen molar-refractivity contribution in [2.45, 2.75) is 151 Å². The van der Waals surface area contributed by atoms with Gasteiger partial charge in [-0.2, -0.15) is 0 Å². The summed E-state index contributed by atoms with van der Waals surface area (Å²) in [7, 11) is 0. The van der Waals surface area contributed by atoms with Gasteiger partial charge in [-0.1, -0.05) is 182 Å². The van der Waals surface area contributed by atoms with Crippen LogP contribution in [0.2, 0.25) is 0 Å². The van der Waals surface area contributed by atoms with Crippen LogP contribution in [0.1, 0.15) is 185 Å². The SMILES string of the molecule is [2H]C([2H])([2H])c1cnc(-c2cc(Oc3cc(C4Nc5ccccc5N4c4c(-c5ccccc5)cc(-c5ccc(C(C)C)cc5)cc4C(C)(C)C)cc(C(C)(C)C)c3)cc(-c3c(C(C)C)cc(C(C)C)cc3C(C)C)c2)cc1C([2H])([2H])[2H]. The van der Waals surface area contributed by atoms with E-state index in [-0.39, 0.29) is 40.0 Å². The first-order valence-corrected chi connectivity index (χ1v) is 26.6. The van der Waals surface area contributed by atoms with Gasteiger partial charge < -0.3 is 15.0 Å². The Morgan fingerprint density at radius 3 is 1.80 bits per heavy atom. The average Bonchev–Trinajstić information content (AvgIpc) is 3.80. The number of anilines is 3. The van der Waals surface area contributed by atoms with Gasteiger partial charge in [0.25, 0.3) is 0 Å². The summed E-state index contributed by atoms with van der Waals surface area (Å²) < 4.78 is 57.5. The maximum absolute atomic E-state index is 8.48. The summed E-state index contributed by atoms with van der Waals surface area (Å²) in [4.78, 5) is 7.19. The fourth-order valence-corrected chi connectivity index (χ4v) is 10.4. The van der Waals surface area contributed by atoms with E-state index in [9.17, 15) is 0 Å². The highest BCUT2D eigenvalue weighted by Crippen LogP contribution is 2.54. The number of para-hydroxylation sites is 2. The summed E-state index contributed by atoms with van der Waals surface area (Å²) in [6.07, 6.45) is 0.830. The number of nitrogens with zero attached hydrogens (tertiary/aromatic N) is 2. The minimum atomic E-state index is -2.70. The average molecular weight is 984 g/mol. The normalized spacial score (nSPS) is 15.4. The fourth-order valence-electron chi connectivity index (χ4n) is 10.4. The number of nitrogens with one attached hydrogen (secondary N) is 1. The van der Waals surface area contributed by atoms with Gasteiger partial charge in [0.15, 0.2) is 0 Å². The van der Waals surface area contributed by atoms with Crippen LogP contribution in [0, 0.1) is 13.7 Å². The summed E-state index contributed by atoms with van der Waals surface area (Å²) in [6.45, 7) is 26.0. The monoisotopic (exact) mass is 984 g/mol. The number of benzene rings is 7. The zero-order valence-corrected chi connectivity index (χ0v) is 46.1. The van der Waals surface area contributed by atoms with Crippen LogP contribution < -0.4 is 15.0 Å². The zero-order chi connectivity index (χ0) is 58.0. The third-order valence-corrected chi connectivity index (χ3v) is 14.7. The van der Waals surface area contributed by atoms with E-state index in [0.29, 0.717) is 34.6 Å². The molecular weight excluding hydrogens is 899 g/mol. The third-order valence-electron chi connectivity index (χ3n) is 14.7. The molecule has 1 atom stereocenters. The number of rotatable bonds is 12. The highest BCUT2D eigenvalue weighted by molar-refractivity contribution is 5.94. The topological polar surface area (TPSA) is 37.4 Å². The van der Waals surface area contributed by atoms with E-state index in [1.807, 2.05) is 12.1 Å². The second-order valence-electron chi connectivity index (χ2n) is 23.8. The van der Waals surface area contributed by atoms with Crippen LogP contribution in [0.15, 0.2) is 152 Å². The summed E-state index contributed by atoms with van der Waals surface area (Å²) in [5.74, 6) is 2.22. The van der Waals surface area contributed by atoms with Crippen LogP contribution in [0.25, 0.3) is 44.6 Å². The summed E-state index contributed by atoms with van der Waals surface area (Å²) in [5.41, 5.74) is 17.8. The Balaban J connectivity index is 1.27. The number of ether oxygens (including phenoxy) is 1. The molecule has 0 aliphatic carbocycles. The minimum Gasteiger partial charge on any atom is -0.457 e. The van der Waals surface area contributed by atoms with Gasteiger partial charge in [0.2, 0.25) is 0 Å². The van der Waals surface area contributed by atoms with Crippen LogP contribution in [0.3, 0.4) is 0 Å². The smallest absolute Gasteiger partial charge is 0.130 e. The first-order valence-electron chi connectivity index (χ1n) is 29.6. The van der Waals surface area contributed by atoms with Gasteiger partial charge in [0.1, 0.15) is 17.7 Å². The van der Waals surface area contributed by atoms with Crippen LogP contribution in [0.4, 0.5) is 17.1 Å². The number of aromatic nitrogens is 1. The molecule has 1 aliphatic rings. The van der Waals surface area contributed by atoms with Crippen molar-refractivity contribution in [3.05, 3.63) is 202 Å². The Morgan fingerprint density at radius 2 is 1.18 bits per heavy atom. The van der Waals surface area contributed by atoms with E-state index in [4.69, 9.17) is 17.9 Å². The quantitative estimate of drug-likeness (QED) is 0.132. The van der Waals surface area contributed by atoms with Crippen molar-refractivity contribution in [2.24, 2.45) is 0 Å². The van der Waals surface area contributed by atoms with Crippen LogP contribution in [-0.4, -0.2) is 4.98 Å². The molecule has 4 nitrogen and oxygen atoms in total. The Bertz CT molecular complexity index is 3530. The Kier molecular flexibility index (Phi) is 12.3. The number of pyridine rings is 1. The number of fused-ring (bicyclic) bond motifs is 1. The lowest BCUT2D eigenvalue weighted by Crippen LogP contribution is -2.28. The van der Waals surface area contributed by atoms with E-state index >= 15 is 0 Å². The molecule has 0 amide bonds. The molecule has 0 saturated carbocycles. The van der Waals surface area contributed by atoms with Crippen LogP contribution >= 0.6 is 0 Å². The van der Waals surface area contributed by atoms with E-state index in [2.05, 4.69) is 235 Å². The summed E-state index contributed by atoms with van der Waals surface area (Å²) in [6, 6.07) is 51.8. The van der Waals surface area contributed by atoms with Crippen molar-refractivity contribution in [3.63, 3.8) is 0 Å². The van der Waals surface area contributed by atoms with Gasteiger partial charge >= 0.3 is 0 Å². The molecule has 1 N–H and O–H groups in total. The highest BCUT2D eigenvalue weighted by atomic mass is 16.5. The molecule has 0 bridgehead atoms. The first kappa shape index (κ1) is 44.6. The molecule has 9 rings (SSSR count). The summed E-state index contributed by atoms with van der Waals surface area (Å²) >= 11 is 0. The zero-order valence-electron chi connectivity index (χ0n) is 52.1. The van der Waals surface area contributed by atoms with Gasteiger partial charge in [0.05, 0.1) is 22.8 Å². The van der Waals surface area contributed by atoms with Crippen molar-refractivity contribution in [2.75, 3.05) is 10.2 Å². The van der Waals surface area contributed by atoms with Crippen molar-refractivity contribution in [1.29, 1.82) is 0 Å². The van der Waals surface area contributed by atoms with E-state index in [0.717, 1.165) is 56.0 Å². The Labute approximate surface area is 452 Å². The van der Waals surface area contributed by atoms with Crippen LogP contribution in [-0.2, 0) is 10.8 Å². The standard InChI is InChI=1S/C70H79N3O/c1-42(2)48-26-28-49(29-27-48)52-38-61(50-22-18-17-19-23-50)67(62(39-52)70(14,15)16)73-65-25-21-20-24-63(65)72-68(73)55-32-56(69(11,12)13)40-58(35-55)74-57-33-53(64-30-46(9)47(10)41-71-64)31-54(34-57)66-59(44(5)6)36-51(43(3)4)37-60(66)45(7)8/h17-45,68,72H,1-16H3/i9D3,10D3. The van der Waals surface area contributed by atoms with Gasteiger partial charge in [-0.3, -0.25) is 4.98 Å². The second-order valence-corrected chi connectivity index (χ2v) is 23.8. The molecule has 8 aromatic rings. The fraction of sp³-hybridized carbons (Fsp3) is 0.329. The molecule has 1 unspecified atom stereocenters. The van der Waals surface area contributed by atoms with E-state index in [1.165, 1.54) is 45.6 Å². The molecule has 0 radical (unpaired) electrons. The maximum atomic E-state index is 8.48. The number of aryl methyl sites for hydroxylation is 2. The molecule has 0 saturated heterocycles. The van der Waals surface area contributed by atoms with Crippen molar-refractivity contribution < 1.29 is 13.0 Å². The van der Waals surface area contributed by atoms with E-state index < -0.39 is 13.7 Å². The molecule has 4 heteroatoms. The highest BCUT2D eigenvalue weighted by Gasteiger charge is 2.37. The first-order chi connectivity index (χ1) is 37.5. The third kappa shape index (κ3) is 10.6. The molecule has 7 aromatic carbocycles. The van der Waals surface area contributed by atoms with E-state index in [1.54, 1.807) is 0 Å². The maximum Gasteiger partial charge on any atom is 0.130 e. The molecule has 1 aromatic heterocycles. The van der Waals surface area contributed by atoms with Crippen molar-refractivity contribution >= 4 is 17.1 Å². The van der Waals surface area contributed by atoms with Gasteiger partial charge in [-0.25, -0.2) is 0 Å². The number of hydrogen-bond acceptors (Lipinski definition) is 4. The Hall–Kier alpha value is -6.91. The van der Waals surface area contributed by atoms with Gasteiger partial charge in [0, 0.05) is 25.5 Å². The second kappa shape index (κ2) is 20.4. The Morgan fingerprint density at radius 1 is 0.541 bits per heavy atom. The molecule has 74 heavy (non-hydrogen) atoms.